The normalized spacial score (nSPS) is 21.2. The standard InChI is InChI=1S/C9H20O4Si/c1-4-11-14(12-5-2,13-6-3)8-9-7-10-9/h9H,4-8H2,1-3H3. The quantitative estimate of drug-likeness (QED) is 0.458. The first-order chi connectivity index (χ1) is 6.76. The van der Waals surface area contributed by atoms with Crippen LogP contribution in [0.5, 0.6) is 0 Å². The van der Waals surface area contributed by atoms with Crippen molar-refractivity contribution in [2.24, 2.45) is 0 Å². The van der Waals surface area contributed by atoms with Crippen molar-refractivity contribution in [1.29, 1.82) is 0 Å². The van der Waals surface area contributed by atoms with Gasteiger partial charge in [-0.05, 0) is 20.8 Å². The lowest BCUT2D eigenvalue weighted by Crippen LogP contribution is -2.47. The zero-order chi connectivity index (χ0) is 10.4. The van der Waals surface area contributed by atoms with Crippen LogP contribution < -0.4 is 0 Å². The van der Waals surface area contributed by atoms with Crippen molar-refractivity contribution < 1.29 is 18.0 Å². The molecule has 1 atom stereocenters. The smallest absolute Gasteiger partial charge is 0.374 e. The van der Waals surface area contributed by atoms with Crippen molar-refractivity contribution in [3.8, 4) is 0 Å². The summed E-state index contributed by atoms with van der Waals surface area (Å²) in [6, 6.07) is 0.794. The van der Waals surface area contributed by atoms with Gasteiger partial charge in [0.05, 0.1) is 12.7 Å². The third-order valence-electron chi connectivity index (χ3n) is 1.97. The molecule has 0 aliphatic carbocycles. The number of epoxide rings is 1. The van der Waals surface area contributed by atoms with Crippen LogP contribution in [0.25, 0.3) is 0 Å². The molecule has 1 saturated heterocycles. The zero-order valence-corrected chi connectivity index (χ0v) is 10.2. The van der Waals surface area contributed by atoms with E-state index in [1.54, 1.807) is 0 Å². The predicted molar refractivity (Wildman–Crippen MR) is 55.2 cm³/mol. The summed E-state index contributed by atoms with van der Waals surface area (Å²) in [4.78, 5) is 0. The molecule has 5 heteroatoms. The first kappa shape index (κ1) is 12.1. The van der Waals surface area contributed by atoms with Crippen LogP contribution in [0, 0.1) is 0 Å². The summed E-state index contributed by atoms with van der Waals surface area (Å²) < 4.78 is 22.2. The molecule has 0 radical (unpaired) electrons. The van der Waals surface area contributed by atoms with Crippen LogP contribution in [0.4, 0.5) is 0 Å². The lowest BCUT2D eigenvalue weighted by atomic mass is 10.6. The lowest BCUT2D eigenvalue weighted by molar-refractivity contribution is 0.0693. The molecule has 0 amide bonds. The van der Waals surface area contributed by atoms with Crippen LogP contribution in [0.2, 0.25) is 6.04 Å². The van der Waals surface area contributed by atoms with Crippen molar-refractivity contribution in [3.63, 3.8) is 0 Å². The summed E-state index contributed by atoms with van der Waals surface area (Å²) in [7, 11) is -2.42. The number of ether oxygens (including phenoxy) is 1. The first-order valence-corrected chi connectivity index (χ1v) is 7.23. The second-order valence-electron chi connectivity index (χ2n) is 3.14. The van der Waals surface area contributed by atoms with E-state index in [2.05, 4.69) is 0 Å². The molecule has 1 aliphatic heterocycles. The maximum atomic E-state index is 5.68. The molecule has 0 N–H and O–H groups in total. The Morgan fingerprint density at radius 1 is 1.07 bits per heavy atom. The van der Waals surface area contributed by atoms with Gasteiger partial charge < -0.3 is 18.0 Å². The summed E-state index contributed by atoms with van der Waals surface area (Å²) in [6.07, 6.45) is 0.298. The van der Waals surface area contributed by atoms with Crippen molar-refractivity contribution in [2.45, 2.75) is 32.9 Å². The van der Waals surface area contributed by atoms with E-state index >= 15 is 0 Å². The molecule has 0 aromatic heterocycles. The van der Waals surface area contributed by atoms with E-state index in [1.165, 1.54) is 0 Å². The van der Waals surface area contributed by atoms with Crippen molar-refractivity contribution in [1.82, 2.24) is 0 Å². The summed E-state index contributed by atoms with van der Waals surface area (Å²) in [5.74, 6) is 0. The molecule has 0 aromatic rings. The van der Waals surface area contributed by atoms with Crippen molar-refractivity contribution in [3.05, 3.63) is 0 Å². The van der Waals surface area contributed by atoms with E-state index < -0.39 is 8.80 Å². The molecular formula is C9H20O4Si. The average Bonchev–Trinajstić information content (AvgIpc) is 2.89. The Morgan fingerprint density at radius 2 is 1.50 bits per heavy atom. The van der Waals surface area contributed by atoms with Crippen molar-refractivity contribution in [2.75, 3.05) is 26.4 Å². The van der Waals surface area contributed by atoms with E-state index in [1.807, 2.05) is 20.8 Å². The number of hydrogen-bond acceptors (Lipinski definition) is 4. The maximum absolute atomic E-state index is 5.68. The minimum absolute atomic E-state index is 0.298. The van der Waals surface area contributed by atoms with Crippen molar-refractivity contribution >= 4 is 8.80 Å². The van der Waals surface area contributed by atoms with E-state index in [-0.39, 0.29) is 0 Å². The summed E-state index contributed by atoms with van der Waals surface area (Å²) in [5.41, 5.74) is 0. The molecule has 1 aliphatic rings. The highest BCUT2D eigenvalue weighted by molar-refractivity contribution is 6.60. The minimum atomic E-state index is -2.42. The fourth-order valence-electron chi connectivity index (χ4n) is 1.43. The fraction of sp³-hybridized carbons (Fsp3) is 1.00. The Labute approximate surface area is 86.9 Å². The van der Waals surface area contributed by atoms with Gasteiger partial charge in [-0.3, -0.25) is 0 Å². The number of hydrogen-bond donors (Lipinski definition) is 0. The highest BCUT2D eigenvalue weighted by Crippen LogP contribution is 2.25. The fourth-order valence-corrected chi connectivity index (χ4v) is 4.14. The monoisotopic (exact) mass is 220 g/mol. The molecule has 14 heavy (non-hydrogen) atoms. The SMILES string of the molecule is CCO[Si](CC1CO1)(OCC)OCC. The third-order valence-corrected chi connectivity index (χ3v) is 5.11. The van der Waals surface area contributed by atoms with Gasteiger partial charge in [0, 0.05) is 25.9 Å². The molecule has 1 heterocycles. The average molecular weight is 220 g/mol. The Hall–Kier alpha value is 0.0569. The van der Waals surface area contributed by atoms with E-state index in [9.17, 15) is 0 Å². The molecule has 0 bridgehead atoms. The third kappa shape index (κ3) is 3.66. The Bertz CT molecular complexity index is 144. The topological polar surface area (TPSA) is 40.2 Å². The summed E-state index contributed by atoms with van der Waals surface area (Å²) in [6.45, 7) is 8.63. The molecule has 0 spiro atoms. The molecule has 0 saturated carbocycles. The van der Waals surface area contributed by atoms with Gasteiger partial charge in [0.25, 0.3) is 0 Å². The van der Waals surface area contributed by atoms with Crippen LogP contribution in [0.15, 0.2) is 0 Å². The van der Waals surface area contributed by atoms with Gasteiger partial charge in [0.2, 0.25) is 0 Å². The van der Waals surface area contributed by atoms with E-state index in [4.69, 9.17) is 18.0 Å². The van der Waals surface area contributed by atoms with Gasteiger partial charge >= 0.3 is 8.80 Å². The Balaban J connectivity index is 2.49. The van der Waals surface area contributed by atoms with E-state index in [0.717, 1.165) is 12.7 Å². The second kappa shape index (κ2) is 5.82. The Kier molecular flexibility index (Phi) is 5.04. The largest absolute Gasteiger partial charge is 0.503 e. The van der Waals surface area contributed by atoms with Crippen LogP contribution in [0.1, 0.15) is 20.8 Å². The number of rotatable bonds is 8. The van der Waals surface area contributed by atoms with Gasteiger partial charge in [-0.2, -0.15) is 0 Å². The van der Waals surface area contributed by atoms with Gasteiger partial charge in [-0.25, -0.2) is 0 Å². The maximum Gasteiger partial charge on any atom is 0.503 e. The van der Waals surface area contributed by atoms with Gasteiger partial charge in [0.15, 0.2) is 0 Å². The Morgan fingerprint density at radius 3 is 1.79 bits per heavy atom. The molecule has 1 unspecified atom stereocenters. The molecule has 0 aromatic carbocycles. The van der Waals surface area contributed by atoms with Crippen LogP contribution in [-0.2, 0) is 18.0 Å². The highest BCUT2D eigenvalue weighted by Gasteiger charge is 2.46. The summed E-state index contributed by atoms with van der Waals surface area (Å²) >= 11 is 0. The molecule has 1 fully saturated rings. The lowest BCUT2D eigenvalue weighted by Gasteiger charge is -2.27. The molecular weight excluding hydrogens is 200 g/mol. The highest BCUT2D eigenvalue weighted by atomic mass is 28.4. The molecule has 84 valence electrons. The zero-order valence-electron chi connectivity index (χ0n) is 9.25. The van der Waals surface area contributed by atoms with Crippen LogP contribution in [0.3, 0.4) is 0 Å². The summed E-state index contributed by atoms with van der Waals surface area (Å²) in [5, 5.41) is 0. The van der Waals surface area contributed by atoms with Crippen LogP contribution in [-0.4, -0.2) is 41.3 Å². The van der Waals surface area contributed by atoms with E-state index in [0.29, 0.717) is 25.9 Å². The second-order valence-corrected chi connectivity index (χ2v) is 5.78. The molecule has 1 rings (SSSR count). The molecule has 4 nitrogen and oxygen atoms in total. The van der Waals surface area contributed by atoms with Gasteiger partial charge in [-0.1, -0.05) is 0 Å². The van der Waals surface area contributed by atoms with Crippen LogP contribution >= 0.6 is 0 Å². The minimum Gasteiger partial charge on any atom is -0.374 e. The first-order valence-electron chi connectivity index (χ1n) is 5.29. The van der Waals surface area contributed by atoms with Gasteiger partial charge in [0.1, 0.15) is 0 Å². The van der Waals surface area contributed by atoms with Gasteiger partial charge in [-0.15, -0.1) is 0 Å². The predicted octanol–water partition coefficient (Wildman–Crippen LogP) is 1.43.